The first-order chi connectivity index (χ1) is 17.5. The molecule has 0 aliphatic rings. The van der Waals surface area contributed by atoms with Gasteiger partial charge in [-0.3, -0.25) is 4.79 Å². The Bertz CT molecular complexity index is 1600. The second-order valence-electron chi connectivity index (χ2n) is 8.27. The lowest BCUT2D eigenvalue weighted by molar-refractivity contribution is -0.291. The van der Waals surface area contributed by atoms with Crippen molar-refractivity contribution < 1.29 is 31.1 Å². The van der Waals surface area contributed by atoms with Crippen molar-refractivity contribution in [1.82, 2.24) is 24.9 Å². The summed E-state index contributed by atoms with van der Waals surface area (Å²) >= 11 is 0. The van der Waals surface area contributed by atoms with Crippen molar-refractivity contribution in [2.75, 3.05) is 6.54 Å². The lowest BCUT2D eigenvalue weighted by Gasteiger charge is -2.21. The summed E-state index contributed by atoms with van der Waals surface area (Å²) in [5.74, 6) is -6.70. The largest absolute Gasteiger partial charge is 0.459 e. The third-order valence-corrected chi connectivity index (χ3v) is 5.83. The molecule has 5 aromatic rings. The quantitative estimate of drug-likeness (QED) is 0.286. The Morgan fingerprint density at radius 2 is 1.73 bits per heavy atom. The number of H-pyrrole nitrogens is 1. The Hall–Kier alpha value is -4.35. The Balaban J connectivity index is 1.46. The fraction of sp³-hybridized carbons (Fsp3) is 0.160. The third-order valence-electron chi connectivity index (χ3n) is 5.83. The molecule has 0 fully saturated rings. The molecule has 0 radical (unpaired) electrons. The highest BCUT2D eigenvalue weighted by Gasteiger charge is 2.60. The molecule has 5 rings (SSSR count). The van der Waals surface area contributed by atoms with E-state index < -0.39 is 35.2 Å². The van der Waals surface area contributed by atoms with Gasteiger partial charge < -0.3 is 10.3 Å². The predicted molar refractivity (Wildman–Crippen MR) is 123 cm³/mol. The standard InChI is InChI=1S/C25H17F6N5O/c26-16-7-5-14(6-8-16)19-11-21(24(27,28)25(29,30)31)36-22(34-19)12-20(35-36)23(37)32-10-9-15-13-33-18-4-2-1-3-17(15)18/h1-8,11-13,33H,9-10H2,(H,32,37). The van der Waals surface area contributed by atoms with Gasteiger partial charge in [0.15, 0.2) is 11.3 Å². The second kappa shape index (κ2) is 8.95. The Kier molecular flexibility index (Phi) is 5.89. The number of benzene rings is 2. The smallest absolute Gasteiger partial charge is 0.361 e. The van der Waals surface area contributed by atoms with Crippen molar-refractivity contribution in [2.45, 2.75) is 18.5 Å². The number of fused-ring (bicyclic) bond motifs is 2. The number of aromatic amines is 1. The fourth-order valence-electron chi connectivity index (χ4n) is 3.96. The first kappa shape index (κ1) is 24.3. The van der Waals surface area contributed by atoms with Crippen LogP contribution in [0.25, 0.3) is 27.8 Å². The van der Waals surface area contributed by atoms with Crippen LogP contribution >= 0.6 is 0 Å². The van der Waals surface area contributed by atoms with Crippen molar-refractivity contribution in [3.8, 4) is 11.3 Å². The van der Waals surface area contributed by atoms with Gasteiger partial charge in [-0.15, -0.1) is 0 Å². The van der Waals surface area contributed by atoms with E-state index in [-0.39, 0.29) is 23.5 Å². The minimum Gasteiger partial charge on any atom is -0.361 e. The van der Waals surface area contributed by atoms with Gasteiger partial charge in [0.1, 0.15) is 11.5 Å². The van der Waals surface area contributed by atoms with Gasteiger partial charge in [0.25, 0.3) is 5.91 Å². The molecule has 1 amide bonds. The summed E-state index contributed by atoms with van der Waals surface area (Å²) < 4.78 is 82.3. The van der Waals surface area contributed by atoms with Gasteiger partial charge in [-0.25, -0.2) is 13.9 Å². The van der Waals surface area contributed by atoms with Crippen LogP contribution in [-0.2, 0) is 12.3 Å². The van der Waals surface area contributed by atoms with Gasteiger partial charge >= 0.3 is 12.1 Å². The molecule has 0 spiro atoms. The maximum Gasteiger partial charge on any atom is 0.459 e. The minimum absolute atomic E-state index is 0.106. The van der Waals surface area contributed by atoms with E-state index in [4.69, 9.17) is 0 Å². The Labute approximate surface area is 204 Å². The lowest BCUT2D eigenvalue weighted by atomic mass is 10.1. The highest BCUT2D eigenvalue weighted by atomic mass is 19.4. The molecule has 12 heteroatoms. The van der Waals surface area contributed by atoms with E-state index in [0.717, 1.165) is 34.7 Å². The fourth-order valence-corrected chi connectivity index (χ4v) is 3.96. The number of rotatable bonds is 6. The highest BCUT2D eigenvalue weighted by Crippen LogP contribution is 2.44. The number of alkyl halides is 5. The first-order valence-electron chi connectivity index (χ1n) is 11.0. The number of halogens is 6. The molecule has 0 aliphatic carbocycles. The molecule has 6 nitrogen and oxygen atoms in total. The van der Waals surface area contributed by atoms with Crippen LogP contribution in [0.15, 0.2) is 66.9 Å². The molecular weight excluding hydrogens is 500 g/mol. The predicted octanol–water partition coefficient (Wildman–Crippen LogP) is 5.64. The molecule has 37 heavy (non-hydrogen) atoms. The molecule has 2 N–H and O–H groups in total. The number of amides is 1. The van der Waals surface area contributed by atoms with Gasteiger partial charge in [0, 0.05) is 35.3 Å². The number of hydrogen-bond acceptors (Lipinski definition) is 3. The maximum absolute atomic E-state index is 14.5. The van der Waals surface area contributed by atoms with Gasteiger partial charge in [-0.2, -0.15) is 27.1 Å². The average molecular weight is 517 g/mol. The summed E-state index contributed by atoms with van der Waals surface area (Å²) in [6.07, 6.45) is -3.70. The van der Waals surface area contributed by atoms with Crippen molar-refractivity contribution >= 4 is 22.5 Å². The van der Waals surface area contributed by atoms with Crippen LogP contribution in [0.4, 0.5) is 26.3 Å². The summed E-state index contributed by atoms with van der Waals surface area (Å²) in [6.45, 7) is 0.161. The normalized spacial score (nSPS) is 12.4. The van der Waals surface area contributed by atoms with E-state index >= 15 is 0 Å². The molecule has 0 unspecified atom stereocenters. The first-order valence-corrected chi connectivity index (χ1v) is 11.0. The molecule has 2 aromatic carbocycles. The zero-order valence-electron chi connectivity index (χ0n) is 18.8. The molecule has 0 atom stereocenters. The van der Waals surface area contributed by atoms with Crippen LogP contribution in [0.5, 0.6) is 0 Å². The lowest BCUT2D eigenvalue weighted by Crippen LogP contribution is -2.36. The average Bonchev–Trinajstić information content (AvgIpc) is 3.47. The van der Waals surface area contributed by atoms with Crippen molar-refractivity contribution in [3.63, 3.8) is 0 Å². The van der Waals surface area contributed by atoms with Crippen LogP contribution in [0.2, 0.25) is 0 Å². The summed E-state index contributed by atoms with van der Waals surface area (Å²) in [4.78, 5) is 19.9. The molecular formula is C25H17F6N5O. The van der Waals surface area contributed by atoms with E-state index in [9.17, 15) is 31.1 Å². The molecule has 0 bridgehead atoms. The van der Waals surface area contributed by atoms with Gasteiger partial charge in [-0.1, -0.05) is 18.2 Å². The van der Waals surface area contributed by atoms with Crippen LogP contribution < -0.4 is 5.32 Å². The van der Waals surface area contributed by atoms with E-state index in [2.05, 4.69) is 20.4 Å². The number of nitrogens with one attached hydrogen (secondary N) is 2. The van der Waals surface area contributed by atoms with Crippen LogP contribution in [0.3, 0.4) is 0 Å². The van der Waals surface area contributed by atoms with Crippen molar-refractivity contribution in [3.05, 3.63) is 89.6 Å². The SMILES string of the molecule is O=C(NCCc1c[nH]c2ccccc12)c1cc2nc(-c3ccc(F)cc3)cc(C(F)(F)C(F)(F)F)n2n1. The molecule has 0 aliphatic heterocycles. The summed E-state index contributed by atoms with van der Waals surface area (Å²) in [5, 5.41) is 7.27. The van der Waals surface area contributed by atoms with Crippen LogP contribution in [0, 0.1) is 5.82 Å². The molecule has 0 saturated carbocycles. The van der Waals surface area contributed by atoms with Crippen LogP contribution in [0.1, 0.15) is 21.7 Å². The van der Waals surface area contributed by atoms with Gasteiger partial charge in [0.05, 0.1) is 5.69 Å². The zero-order valence-corrected chi connectivity index (χ0v) is 18.8. The highest BCUT2D eigenvalue weighted by molar-refractivity contribution is 5.93. The monoisotopic (exact) mass is 517 g/mol. The maximum atomic E-state index is 14.5. The summed E-state index contributed by atoms with van der Waals surface area (Å²) in [7, 11) is 0. The number of hydrogen-bond donors (Lipinski definition) is 2. The number of carbonyl (C=O) groups is 1. The summed E-state index contributed by atoms with van der Waals surface area (Å²) in [5.41, 5.74) is -0.618. The Morgan fingerprint density at radius 1 is 1.00 bits per heavy atom. The number of nitrogens with zero attached hydrogens (tertiary/aromatic N) is 3. The number of carbonyl (C=O) groups excluding carboxylic acids is 1. The second-order valence-corrected chi connectivity index (χ2v) is 8.27. The van der Waals surface area contributed by atoms with Gasteiger partial charge in [0.2, 0.25) is 0 Å². The van der Waals surface area contributed by atoms with E-state index in [1.54, 1.807) is 6.20 Å². The van der Waals surface area contributed by atoms with Crippen molar-refractivity contribution in [1.29, 1.82) is 0 Å². The number of para-hydroxylation sites is 1. The van der Waals surface area contributed by atoms with Crippen molar-refractivity contribution in [2.24, 2.45) is 0 Å². The minimum atomic E-state index is -5.94. The molecule has 0 saturated heterocycles. The topological polar surface area (TPSA) is 75.1 Å². The molecule has 3 heterocycles. The Morgan fingerprint density at radius 3 is 2.46 bits per heavy atom. The van der Waals surface area contributed by atoms with Crippen LogP contribution in [-0.4, -0.2) is 38.2 Å². The third kappa shape index (κ3) is 4.50. The van der Waals surface area contributed by atoms with Gasteiger partial charge in [-0.05, 0) is 48.4 Å². The van der Waals surface area contributed by atoms with E-state index in [0.29, 0.717) is 17.0 Å². The summed E-state index contributed by atoms with van der Waals surface area (Å²) in [6, 6.07) is 13.5. The van der Waals surface area contributed by atoms with E-state index in [1.807, 2.05) is 24.3 Å². The zero-order chi connectivity index (χ0) is 26.4. The van der Waals surface area contributed by atoms with E-state index in [1.165, 1.54) is 12.1 Å². The molecule has 3 aromatic heterocycles. The number of aromatic nitrogens is 4. The molecule has 190 valence electrons.